The van der Waals surface area contributed by atoms with Crippen molar-refractivity contribution in [3.63, 3.8) is 0 Å². The molecule has 6 nitrogen and oxygen atoms in total. The van der Waals surface area contributed by atoms with E-state index in [9.17, 15) is 13.2 Å². The first-order valence-electron chi connectivity index (χ1n) is 5.51. The zero-order valence-electron chi connectivity index (χ0n) is 9.88. The highest BCUT2D eigenvalue weighted by atomic mass is 32.2. The van der Waals surface area contributed by atoms with Crippen LogP contribution in [0.2, 0.25) is 0 Å². The molecule has 0 atom stereocenters. The Kier molecular flexibility index (Phi) is 3.12. The van der Waals surface area contributed by atoms with Gasteiger partial charge in [0.25, 0.3) is 10.0 Å². The molecule has 98 valence electrons. The van der Waals surface area contributed by atoms with Gasteiger partial charge in [-0.1, -0.05) is 6.92 Å². The van der Waals surface area contributed by atoms with Crippen molar-refractivity contribution in [2.75, 3.05) is 6.54 Å². The lowest BCUT2D eigenvalue weighted by Gasteiger charge is -2.10. The number of hydrogen-bond acceptors (Lipinski definition) is 4. The Balaban J connectivity index is 2.11. The normalized spacial score (nSPS) is 17.4. The Bertz CT molecular complexity index is 561. The Morgan fingerprint density at radius 2 is 2.17 bits per heavy atom. The maximum Gasteiger partial charge on any atom is 0.337 e. The summed E-state index contributed by atoms with van der Waals surface area (Å²) in [6.07, 6.45) is 3.07. The van der Waals surface area contributed by atoms with Crippen molar-refractivity contribution in [3.05, 3.63) is 23.9 Å². The minimum Gasteiger partial charge on any atom is -0.478 e. The molecule has 0 spiro atoms. The molecule has 0 radical (unpaired) electrons. The van der Waals surface area contributed by atoms with Crippen LogP contribution in [-0.4, -0.2) is 31.0 Å². The number of nitrogens with zero attached hydrogens (tertiary/aromatic N) is 1. The fourth-order valence-corrected chi connectivity index (χ4v) is 2.52. The molecule has 0 bridgehead atoms. The highest BCUT2D eigenvalue weighted by Crippen LogP contribution is 2.44. The Labute approximate surface area is 105 Å². The van der Waals surface area contributed by atoms with Gasteiger partial charge >= 0.3 is 5.97 Å². The van der Waals surface area contributed by atoms with E-state index in [0.29, 0.717) is 6.54 Å². The molecule has 1 saturated carbocycles. The van der Waals surface area contributed by atoms with Gasteiger partial charge < -0.3 is 5.11 Å². The van der Waals surface area contributed by atoms with Gasteiger partial charge in [0, 0.05) is 12.7 Å². The minimum absolute atomic E-state index is 0.0388. The Morgan fingerprint density at radius 1 is 1.50 bits per heavy atom. The second kappa shape index (κ2) is 4.33. The fraction of sp³-hybridized carbons (Fsp3) is 0.455. The monoisotopic (exact) mass is 270 g/mol. The average Bonchev–Trinajstić information content (AvgIpc) is 3.06. The molecule has 0 amide bonds. The summed E-state index contributed by atoms with van der Waals surface area (Å²) in [4.78, 5) is 14.3. The van der Waals surface area contributed by atoms with Gasteiger partial charge in [0.15, 0.2) is 5.03 Å². The van der Waals surface area contributed by atoms with Crippen LogP contribution < -0.4 is 4.72 Å². The predicted octanol–water partition coefficient (Wildman–Crippen LogP) is 0.858. The zero-order valence-corrected chi connectivity index (χ0v) is 10.7. The summed E-state index contributed by atoms with van der Waals surface area (Å²) in [7, 11) is -3.65. The molecule has 0 aliphatic heterocycles. The third-order valence-electron chi connectivity index (χ3n) is 3.05. The van der Waals surface area contributed by atoms with Crippen molar-refractivity contribution < 1.29 is 18.3 Å². The van der Waals surface area contributed by atoms with Gasteiger partial charge in [-0.2, -0.15) is 0 Å². The van der Waals surface area contributed by atoms with Crippen molar-refractivity contribution in [3.8, 4) is 0 Å². The standard InChI is InChI=1S/C11H14N2O4S/c1-11(4-5-11)7-13-18(16,17)9-3-2-8(6-12-9)10(14)15/h2-3,6,13H,4-5,7H2,1H3,(H,14,15). The zero-order chi connectivity index (χ0) is 13.4. The molecule has 0 saturated heterocycles. The van der Waals surface area contributed by atoms with Crippen molar-refractivity contribution in [1.82, 2.24) is 9.71 Å². The molecule has 0 unspecified atom stereocenters. The molecule has 18 heavy (non-hydrogen) atoms. The number of aromatic carboxylic acids is 1. The van der Waals surface area contributed by atoms with Crippen LogP contribution in [0.5, 0.6) is 0 Å². The number of sulfonamides is 1. The number of nitrogens with one attached hydrogen (secondary N) is 1. The molecule has 7 heteroatoms. The highest BCUT2D eigenvalue weighted by molar-refractivity contribution is 7.89. The van der Waals surface area contributed by atoms with Crippen LogP contribution >= 0.6 is 0 Å². The quantitative estimate of drug-likeness (QED) is 0.827. The molecule has 1 aliphatic rings. The summed E-state index contributed by atoms with van der Waals surface area (Å²) in [6, 6.07) is 2.42. The minimum atomic E-state index is -3.65. The van der Waals surface area contributed by atoms with E-state index in [1.54, 1.807) is 0 Å². The third-order valence-corrected chi connectivity index (χ3v) is 4.37. The van der Waals surface area contributed by atoms with E-state index in [-0.39, 0.29) is 16.0 Å². The second-order valence-electron chi connectivity index (χ2n) is 4.83. The molecule has 2 N–H and O–H groups in total. The van der Waals surface area contributed by atoms with E-state index in [4.69, 9.17) is 5.11 Å². The van der Waals surface area contributed by atoms with E-state index >= 15 is 0 Å². The van der Waals surface area contributed by atoms with Crippen molar-refractivity contribution in [2.45, 2.75) is 24.8 Å². The average molecular weight is 270 g/mol. The summed E-state index contributed by atoms with van der Waals surface area (Å²) in [5, 5.41) is 8.54. The molecule has 1 aromatic rings. The van der Waals surface area contributed by atoms with Crippen LogP contribution in [0, 0.1) is 5.41 Å². The first-order chi connectivity index (χ1) is 8.32. The topological polar surface area (TPSA) is 96.4 Å². The summed E-state index contributed by atoms with van der Waals surface area (Å²) in [5.41, 5.74) is 0.0248. The van der Waals surface area contributed by atoms with Crippen molar-refractivity contribution in [2.24, 2.45) is 5.41 Å². The van der Waals surface area contributed by atoms with Crippen LogP contribution in [0.1, 0.15) is 30.1 Å². The van der Waals surface area contributed by atoms with Gasteiger partial charge in [-0.15, -0.1) is 0 Å². The first-order valence-corrected chi connectivity index (χ1v) is 7.00. The van der Waals surface area contributed by atoms with Gasteiger partial charge in [-0.3, -0.25) is 0 Å². The Hall–Kier alpha value is -1.47. The lowest BCUT2D eigenvalue weighted by molar-refractivity contribution is 0.0696. The van der Waals surface area contributed by atoms with Gasteiger partial charge in [0.2, 0.25) is 0 Å². The van der Waals surface area contributed by atoms with Gasteiger partial charge in [-0.05, 0) is 30.4 Å². The summed E-state index contributed by atoms with van der Waals surface area (Å²) < 4.78 is 26.2. The number of carboxylic acid groups (broad SMARTS) is 1. The lowest BCUT2D eigenvalue weighted by atomic mass is 10.2. The maximum absolute atomic E-state index is 11.9. The first kappa shape index (κ1) is 13.0. The maximum atomic E-state index is 11.9. The van der Waals surface area contributed by atoms with E-state index in [0.717, 1.165) is 19.0 Å². The third kappa shape index (κ3) is 2.85. The molecule has 1 fully saturated rings. The van der Waals surface area contributed by atoms with Gasteiger partial charge in [0.05, 0.1) is 5.56 Å². The number of hydrogen-bond donors (Lipinski definition) is 2. The van der Waals surface area contributed by atoms with Crippen LogP contribution in [0.15, 0.2) is 23.4 Å². The van der Waals surface area contributed by atoms with E-state index in [1.807, 2.05) is 6.92 Å². The molecule has 1 heterocycles. The largest absolute Gasteiger partial charge is 0.478 e. The Morgan fingerprint density at radius 3 is 2.61 bits per heavy atom. The molecule has 1 aromatic heterocycles. The summed E-state index contributed by atoms with van der Waals surface area (Å²) >= 11 is 0. The number of aromatic nitrogens is 1. The summed E-state index contributed by atoms with van der Waals surface area (Å²) in [6.45, 7) is 2.40. The van der Waals surface area contributed by atoms with Gasteiger partial charge in [-0.25, -0.2) is 22.9 Å². The smallest absolute Gasteiger partial charge is 0.337 e. The van der Waals surface area contributed by atoms with Gasteiger partial charge in [0.1, 0.15) is 0 Å². The molecule has 2 rings (SSSR count). The molecular formula is C11H14N2O4S. The van der Waals surface area contributed by atoms with Crippen LogP contribution in [0.4, 0.5) is 0 Å². The highest BCUT2D eigenvalue weighted by Gasteiger charge is 2.38. The number of rotatable bonds is 5. The number of carboxylic acids is 1. The van der Waals surface area contributed by atoms with Crippen LogP contribution in [-0.2, 0) is 10.0 Å². The van der Waals surface area contributed by atoms with Crippen LogP contribution in [0.25, 0.3) is 0 Å². The second-order valence-corrected chi connectivity index (χ2v) is 6.54. The predicted molar refractivity (Wildman–Crippen MR) is 63.7 cm³/mol. The van der Waals surface area contributed by atoms with E-state index in [1.165, 1.54) is 12.1 Å². The number of carbonyl (C=O) groups is 1. The van der Waals surface area contributed by atoms with E-state index in [2.05, 4.69) is 9.71 Å². The SMILES string of the molecule is CC1(CNS(=O)(=O)c2ccc(C(=O)O)cn2)CC1. The van der Waals surface area contributed by atoms with Crippen molar-refractivity contribution >= 4 is 16.0 Å². The fourth-order valence-electron chi connectivity index (χ4n) is 1.40. The molecule has 0 aromatic carbocycles. The number of pyridine rings is 1. The van der Waals surface area contributed by atoms with Crippen LogP contribution in [0.3, 0.4) is 0 Å². The summed E-state index contributed by atoms with van der Waals surface area (Å²) in [5.74, 6) is -1.13. The lowest BCUT2D eigenvalue weighted by Crippen LogP contribution is -2.29. The van der Waals surface area contributed by atoms with E-state index < -0.39 is 16.0 Å². The molecular weight excluding hydrogens is 256 g/mol. The van der Waals surface area contributed by atoms with Crippen molar-refractivity contribution in [1.29, 1.82) is 0 Å². The molecule has 1 aliphatic carbocycles.